The Morgan fingerprint density at radius 3 is 2.45 bits per heavy atom. The summed E-state index contributed by atoms with van der Waals surface area (Å²) in [6.45, 7) is 5.80. The predicted molar refractivity (Wildman–Crippen MR) is 126 cm³/mol. The number of methoxy groups -OCH3 is 1. The van der Waals surface area contributed by atoms with E-state index in [1.165, 1.54) is 18.1 Å². The van der Waals surface area contributed by atoms with E-state index in [1.807, 2.05) is 32.9 Å². The van der Waals surface area contributed by atoms with E-state index in [9.17, 15) is 9.59 Å². The Morgan fingerprint density at radius 2 is 1.87 bits per heavy atom. The van der Waals surface area contributed by atoms with Crippen molar-refractivity contribution in [1.29, 1.82) is 0 Å². The van der Waals surface area contributed by atoms with Crippen molar-refractivity contribution in [1.82, 2.24) is 5.32 Å². The van der Waals surface area contributed by atoms with Gasteiger partial charge in [0.15, 0.2) is 16.6 Å². The second-order valence-electron chi connectivity index (χ2n) is 7.18. The van der Waals surface area contributed by atoms with E-state index in [0.717, 1.165) is 12.0 Å². The highest BCUT2D eigenvalue weighted by atomic mass is 35.5. The number of nitrogens with one attached hydrogen (secondary N) is 1. The van der Waals surface area contributed by atoms with Crippen LogP contribution in [0, 0.1) is 0 Å². The molecule has 0 aliphatic carbocycles. The van der Waals surface area contributed by atoms with Crippen LogP contribution in [-0.2, 0) is 16.0 Å². The van der Waals surface area contributed by atoms with Crippen LogP contribution >= 0.6 is 23.8 Å². The zero-order chi connectivity index (χ0) is 22.7. The Kier molecular flexibility index (Phi) is 6.97. The Labute approximate surface area is 191 Å². The molecule has 2 aromatic carbocycles. The molecule has 1 saturated heterocycles. The first-order valence-corrected chi connectivity index (χ1v) is 10.6. The number of carbonyl (C=O) groups is 2. The second-order valence-corrected chi connectivity index (χ2v) is 7.97. The molecule has 1 aliphatic rings. The van der Waals surface area contributed by atoms with Gasteiger partial charge in [-0.3, -0.25) is 19.8 Å². The molecule has 0 radical (unpaired) electrons. The molecular weight excluding hydrogens is 436 g/mol. The number of halogens is 1. The molecule has 1 fully saturated rings. The molecule has 6 nitrogen and oxygen atoms in total. The molecule has 2 amide bonds. The highest BCUT2D eigenvalue weighted by Crippen LogP contribution is 2.38. The number of amides is 2. The molecule has 162 valence electrons. The SMILES string of the molecule is CCc1ccc(N2C(=O)/C(=C/c3cc(Cl)c(OC(C)C)c(OC)c3)C(=O)NC2=S)cc1. The maximum Gasteiger partial charge on any atom is 0.270 e. The van der Waals surface area contributed by atoms with Crippen LogP contribution < -0.4 is 19.7 Å². The van der Waals surface area contributed by atoms with Gasteiger partial charge in [0, 0.05) is 0 Å². The van der Waals surface area contributed by atoms with Crippen LogP contribution in [0.25, 0.3) is 6.08 Å². The average Bonchev–Trinajstić information content (AvgIpc) is 2.72. The largest absolute Gasteiger partial charge is 0.493 e. The lowest BCUT2D eigenvalue weighted by atomic mass is 10.1. The summed E-state index contributed by atoms with van der Waals surface area (Å²) >= 11 is 11.6. The normalized spacial score (nSPS) is 15.5. The van der Waals surface area contributed by atoms with E-state index < -0.39 is 11.8 Å². The fraction of sp³-hybridized carbons (Fsp3) is 0.261. The second kappa shape index (κ2) is 9.49. The van der Waals surface area contributed by atoms with E-state index in [1.54, 1.807) is 24.3 Å². The van der Waals surface area contributed by atoms with Gasteiger partial charge in [-0.2, -0.15) is 0 Å². The summed E-state index contributed by atoms with van der Waals surface area (Å²) in [6.07, 6.45) is 2.23. The highest BCUT2D eigenvalue weighted by Gasteiger charge is 2.34. The van der Waals surface area contributed by atoms with Crippen molar-refractivity contribution in [2.75, 3.05) is 12.0 Å². The first-order valence-electron chi connectivity index (χ1n) is 9.79. The smallest absolute Gasteiger partial charge is 0.270 e. The molecule has 31 heavy (non-hydrogen) atoms. The van der Waals surface area contributed by atoms with Gasteiger partial charge in [-0.05, 0) is 74.0 Å². The molecule has 1 heterocycles. The van der Waals surface area contributed by atoms with Gasteiger partial charge in [0.1, 0.15) is 5.57 Å². The van der Waals surface area contributed by atoms with Crippen LogP contribution in [0.2, 0.25) is 5.02 Å². The van der Waals surface area contributed by atoms with Crippen LogP contribution in [0.15, 0.2) is 42.0 Å². The molecule has 3 rings (SSSR count). The molecular formula is C23H23ClN2O4S. The van der Waals surface area contributed by atoms with Gasteiger partial charge in [0.2, 0.25) is 0 Å². The Morgan fingerprint density at radius 1 is 1.19 bits per heavy atom. The monoisotopic (exact) mass is 458 g/mol. The van der Waals surface area contributed by atoms with Crippen molar-refractivity contribution in [3.8, 4) is 11.5 Å². The zero-order valence-electron chi connectivity index (χ0n) is 17.7. The molecule has 0 unspecified atom stereocenters. The van der Waals surface area contributed by atoms with Crippen molar-refractivity contribution >= 4 is 52.5 Å². The maximum absolute atomic E-state index is 13.2. The van der Waals surface area contributed by atoms with Gasteiger partial charge in [0.25, 0.3) is 11.8 Å². The van der Waals surface area contributed by atoms with E-state index >= 15 is 0 Å². The molecule has 0 spiro atoms. The van der Waals surface area contributed by atoms with Gasteiger partial charge in [-0.25, -0.2) is 0 Å². The van der Waals surface area contributed by atoms with Crippen molar-refractivity contribution in [3.63, 3.8) is 0 Å². The molecule has 0 saturated carbocycles. The number of thiocarbonyl (C=S) groups is 1. The Bertz CT molecular complexity index is 1060. The fourth-order valence-electron chi connectivity index (χ4n) is 3.11. The van der Waals surface area contributed by atoms with E-state index in [2.05, 4.69) is 5.32 Å². The summed E-state index contributed by atoms with van der Waals surface area (Å²) in [6, 6.07) is 10.7. The first kappa shape index (κ1) is 22.8. The standard InChI is InChI=1S/C23H23ClN2O4S/c1-5-14-6-8-16(9-7-14)26-22(28)17(21(27)25-23(26)31)10-15-11-18(24)20(30-13(2)3)19(12-15)29-4/h6-13H,5H2,1-4H3,(H,25,27,31)/b17-10+. The van der Waals surface area contributed by atoms with Crippen LogP contribution in [0.4, 0.5) is 5.69 Å². The third kappa shape index (κ3) is 4.89. The number of hydrogen-bond acceptors (Lipinski definition) is 5. The highest BCUT2D eigenvalue weighted by molar-refractivity contribution is 7.80. The summed E-state index contributed by atoms with van der Waals surface area (Å²) in [5, 5.41) is 2.92. The number of carbonyl (C=O) groups excluding carboxylic acids is 2. The lowest BCUT2D eigenvalue weighted by Crippen LogP contribution is -2.54. The minimum Gasteiger partial charge on any atom is -0.493 e. The van der Waals surface area contributed by atoms with Crippen molar-refractivity contribution < 1.29 is 19.1 Å². The summed E-state index contributed by atoms with van der Waals surface area (Å²) < 4.78 is 11.1. The lowest BCUT2D eigenvalue weighted by molar-refractivity contribution is -0.122. The van der Waals surface area contributed by atoms with Crippen LogP contribution in [0.3, 0.4) is 0 Å². The molecule has 0 atom stereocenters. The third-order valence-corrected chi connectivity index (χ3v) is 5.19. The number of rotatable bonds is 6. The summed E-state index contributed by atoms with van der Waals surface area (Å²) in [7, 11) is 1.49. The van der Waals surface area contributed by atoms with Crippen LogP contribution in [-0.4, -0.2) is 30.1 Å². The van der Waals surface area contributed by atoms with Gasteiger partial charge in [0.05, 0.1) is 23.9 Å². The van der Waals surface area contributed by atoms with Gasteiger partial charge >= 0.3 is 0 Å². The van der Waals surface area contributed by atoms with Crippen molar-refractivity contribution in [2.45, 2.75) is 33.3 Å². The zero-order valence-corrected chi connectivity index (χ0v) is 19.3. The van der Waals surface area contributed by atoms with Gasteiger partial charge < -0.3 is 9.47 Å². The van der Waals surface area contributed by atoms with Crippen LogP contribution in [0.1, 0.15) is 31.9 Å². The minimum absolute atomic E-state index is 0.0349. The van der Waals surface area contributed by atoms with Crippen LogP contribution in [0.5, 0.6) is 11.5 Å². The number of anilines is 1. The van der Waals surface area contributed by atoms with Gasteiger partial charge in [-0.15, -0.1) is 0 Å². The fourth-order valence-corrected chi connectivity index (χ4v) is 3.66. The third-order valence-electron chi connectivity index (χ3n) is 4.62. The van der Waals surface area contributed by atoms with E-state index in [4.69, 9.17) is 33.3 Å². The molecule has 2 aromatic rings. The number of ether oxygens (including phenoxy) is 2. The average molecular weight is 459 g/mol. The predicted octanol–water partition coefficient (Wildman–Crippen LogP) is 4.53. The molecule has 0 aromatic heterocycles. The molecule has 1 aliphatic heterocycles. The molecule has 0 bridgehead atoms. The first-order chi connectivity index (χ1) is 14.7. The minimum atomic E-state index is -0.575. The summed E-state index contributed by atoms with van der Waals surface area (Å²) in [5.74, 6) is -0.288. The van der Waals surface area contributed by atoms with E-state index in [-0.39, 0.29) is 16.8 Å². The quantitative estimate of drug-likeness (QED) is 0.391. The molecule has 8 heteroatoms. The maximum atomic E-state index is 13.2. The Balaban J connectivity index is 2.00. The van der Waals surface area contributed by atoms with E-state index in [0.29, 0.717) is 27.8 Å². The number of aryl methyl sites for hydroxylation is 1. The number of hydrogen-bond donors (Lipinski definition) is 1. The van der Waals surface area contributed by atoms with Crippen molar-refractivity contribution in [3.05, 3.63) is 58.1 Å². The lowest BCUT2D eigenvalue weighted by Gasteiger charge is -2.29. The number of benzene rings is 2. The summed E-state index contributed by atoms with van der Waals surface area (Å²) in [5.41, 5.74) is 2.16. The van der Waals surface area contributed by atoms with Crippen molar-refractivity contribution in [2.24, 2.45) is 0 Å². The number of nitrogens with zero attached hydrogens (tertiary/aromatic N) is 1. The Hall–Kier alpha value is -2.90. The molecule has 1 N–H and O–H groups in total. The van der Waals surface area contributed by atoms with Gasteiger partial charge in [-0.1, -0.05) is 30.7 Å². The summed E-state index contributed by atoms with van der Waals surface area (Å²) in [4.78, 5) is 27.0. The topological polar surface area (TPSA) is 67.9 Å².